The molecule has 2 fully saturated rings. The lowest BCUT2D eigenvalue weighted by atomic mass is 10.1. The zero-order chi connectivity index (χ0) is 20.6. The monoisotopic (exact) mass is 400 g/mol. The van der Waals surface area contributed by atoms with Crippen LogP contribution in [0.3, 0.4) is 0 Å². The normalized spacial score (nSPS) is 17.6. The van der Waals surface area contributed by atoms with Crippen molar-refractivity contribution in [3.8, 4) is 5.75 Å². The van der Waals surface area contributed by atoms with Gasteiger partial charge in [0.25, 0.3) is 5.91 Å². The molecule has 1 heterocycles. The van der Waals surface area contributed by atoms with Crippen LogP contribution in [0.25, 0.3) is 0 Å². The molecule has 0 radical (unpaired) electrons. The van der Waals surface area contributed by atoms with Crippen LogP contribution < -0.4 is 4.74 Å². The molecule has 156 valence electrons. The molecule has 1 saturated heterocycles. The molecule has 0 unspecified atom stereocenters. The number of amides is 2. The van der Waals surface area contributed by atoms with Crippen molar-refractivity contribution in [1.29, 1.82) is 0 Å². The highest BCUT2D eigenvalue weighted by Gasteiger charge is 2.24. The fourth-order valence-corrected chi connectivity index (χ4v) is 3.70. The number of allylic oxidation sites excluding steroid dienone is 1. The second-order valence-corrected chi connectivity index (χ2v) is 7.33. The molecule has 0 aromatic heterocycles. The van der Waals surface area contributed by atoms with E-state index in [1.165, 1.54) is 25.7 Å². The first-order chi connectivity index (χ1) is 14.1. The molecule has 3 rings (SSSR count). The Morgan fingerprint density at radius 3 is 2.24 bits per heavy atom. The molecule has 1 aromatic rings. The van der Waals surface area contributed by atoms with E-state index < -0.39 is 6.16 Å². The standard InChI is InChI=1S/C22H28N2O5/c1-2-28-22(27)29-19-10-8-18(9-11-19)21(26)24-15-13-23(14-16-24)20(25)12-7-17-5-3-4-6-17/h7-12,17H,2-6,13-16H2,1H3/b12-7+. The van der Waals surface area contributed by atoms with E-state index in [9.17, 15) is 14.4 Å². The van der Waals surface area contributed by atoms with Gasteiger partial charge in [0, 0.05) is 31.7 Å². The number of hydrogen-bond acceptors (Lipinski definition) is 5. The van der Waals surface area contributed by atoms with Crippen molar-refractivity contribution in [2.75, 3.05) is 32.8 Å². The van der Waals surface area contributed by atoms with Crippen LogP contribution in [0.4, 0.5) is 4.79 Å². The molecular weight excluding hydrogens is 372 g/mol. The maximum absolute atomic E-state index is 12.7. The Labute approximate surface area is 171 Å². The van der Waals surface area contributed by atoms with Gasteiger partial charge in [0.15, 0.2) is 0 Å². The third-order valence-electron chi connectivity index (χ3n) is 5.35. The zero-order valence-electron chi connectivity index (χ0n) is 16.8. The zero-order valence-corrected chi connectivity index (χ0v) is 16.8. The summed E-state index contributed by atoms with van der Waals surface area (Å²) < 4.78 is 9.72. The Hall–Kier alpha value is -2.83. The Balaban J connectivity index is 1.48. The number of carbonyl (C=O) groups is 3. The van der Waals surface area contributed by atoms with Crippen LogP contribution in [0, 0.1) is 5.92 Å². The summed E-state index contributed by atoms with van der Waals surface area (Å²) in [4.78, 5) is 39.9. The van der Waals surface area contributed by atoms with Gasteiger partial charge in [-0.05, 0) is 56.0 Å². The van der Waals surface area contributed by atoms with Crippen LogP contribution in [0.15, 0.2) is 36.4 Å². The van der Waals surface area contributed by atoms with E-state index in [0.29, 0.717) is 43.4 Å². The van der Waals surface area contributed by atoms with Crippen molar-refractivity contribution in [2.24, 2.45) is 5.92 Å². The summed E-state index contributed by atoms with van der Waals surface area (Å²) in [5.74, 6) is 0.799. The number of piperazine rings is 1. The maximum atomic E-state index is 12.7. The van der Waals surface area contributed by atoms with E-state index in [4.69, 9.17) is 9.47 Å². The SMILES string of the molecule is CCOC(=O)Oc1ccc(C(=O)N2CCN(C(=O)/C=C/C3CCCC3)CC2)cc1. The highest BCUT2D eigenvalue weighted by Crippen LogP contribution is 2.25. The second-order valence-electron chi connectivity index (χ2n) is 7.33. The summed E-state index contributed by atoms with van der Waals surface area (Å²) in [6.45, 7) is 4.00. The van der Waals surface area contributed by atoms with Gasteiger partial charge in [-0.3, -0.25) is 9.59 Å². The van der Waals surface area contributed by atoms with E-state index in [-0.39, 0.29) is 18.4 Å². The second kappa shape index (κ2) is 10.1. The minimum atomic E-state index is -0.769. The van der Waals surface area contributed by atoms with Gasteiger partial charge < -0.3 is 19.3 Å². The fraction of sp³-hybridized carbons (Fsp3) is 0.500. The van der Waals surface area contributed by atoms with Crippen LogP contribution in [0.1, 0.15) is 43.0 Å². The molecule has 2 amide bonds. The smallest absolute Gasteiger partial charge is 0.434 e. The van der Waals surface area contributed by atoms with Gasteiger partial charge in [-0.2, -0.15) is 0 Å². The number of nitrogens with zero attached hydrogens (tertiary/aromatic N) is 2. The van der Waals surface area contributed by atoms with Crippen LogP contribution in [0.2, 0.25) is 0 Å². The van der Waals surface area contributed by atoms with Crippen LogP contribution in [0.5, 0.6) is 5.75 Å². The van der Waals surface area contributed by atoms with Crippen LogP contribution >= 0.6 is 0 Å². The molecule has 7 nitrogen and oxygen atoms in total. The lowest BCUT2D eigenvalue weighted by molar-refractivity contribution is -0.127. The van der Waals surface area contributed by atoms with Crippen molar-refractivity contribution in [2.45, 2.75) is 32.6 Å². The Bertz CT molecular complexity index is 745. The molecule has 1 aliphatic heterocycles. The predicted molar refractivity (Wildman–Crippen MR) is 108 cm³/mol. The van der Waals surface area contributed by atoms with Gasteiger partial charge in [0.2, 0.25) is 5.91 Å². The van der Waals surface area contributed by atoms with E-state index >= 15 is 0 Å². The number of rotatable bonds is 5. The van der Waals surface area contributed by atoms with Gasteiger partial charge in [-0.25, -0.2) is 4.79 Å². The van der Waals surface area contributed by atoms with Crippen molar-refractivity contribution >= 4 is 18.0 Å². The molecule has 1 saturated carbocycles. The Kier molecular flexibility index (Phi) is 7.27. The molecule has 29 heavy (non-hydrogen) atoms. The van der Waals surface area contributed by atoms with Crippen molar-refractivity contribution in [3.63, 3.8) is 0 Å². The van der Waals surface area contributed by atoms with Crippen molar-refractivity contribution in [1.82, 2.24) is 9.80 Å². The number of hydrogen-bond donors (Lipinski definition) is 0. The van der Waals surface area contributed by atoms with Gasteiger partial charge in [-0.1, -0.05) is 18.9 Å². The molecule has 7 heteroatoms. The number of carbonyl (C=O) groups excluding carboxylic acids is 3. The van der Waals surface area contributed by atoms with Gasteiger partial charge in [0.1, 0.15) is 5.75 Å². The van der Waals surface area contributed by atoms with E-state index in [1.54, 1.807) is 47.1 Å². The Morgan fingerprint density at radius 2 is 1.62 bits per heavy atom. The first kappa shape index (κ1) is 20.9. The summed E-state index contributed by atoms with van der Waals surface area (Å²) in [5, 5.41) is 0. The largest absolute Gasteiger partial charge is 0.513 e. The molecule has 0 spiro atoms. The minimum absolute atomic E-state index is 0.0319. The topological polar surface area (TPSA) is 76.2 Å². The summed E-state index contributed by atoms with van der Waals surface area (Å²) in [6.07, 6.45) is 7.84. The lowest BCUT2D eigenvalue weighted by Crippen LogP contribution is -2.50. The van der Waals surface area contributed by atoms with Gasteiger partial charge in [0.05, 0.1) is 6.61 Å². The molecule has 0 N–H and O–H groups in total. The first-order valence-electron chi connectivity index (χ1n) is 10.3. The van der Waals surface area contributed by atoms with Crippen molar-refractivity contribution in [3.05, 3.63) is 42.0 Å². The molecule has 1 aliphatic carbocycles. The molecule has 0 bridgehead atoms. The summed E-state index contributed by atoms with van der Waals surface area (Å²) in [7, 11) is 0. The highest BCUT2D eigenvalue weighted by atomic mass is 16.7. The first-order valence-corrected chi connectivity index (χ1v) is 10.3. The number of benzene rings is 1. The fourth-order valence-electron chi connectivity index (χ4n) is 3.70. The third kappa shape index (κ3) is 5.82. The number of ether oxygens (including phenoxy) is 2. The summed E-state index contributed by atoms with van der Waals surface area (Å²) in [5.41, 5.74) is 0.516. The van der Waals surface area contributed by atoms with E-state index in [0.717, 1.165) is 0 Å². The van der Waals surface area contributed by atoms with E-state index in [2.05, 4.69) is 0 Å². The molecule has 2 aliphatic rings. The Morgan fingerprint density at radius 1 is 1.00 bits per heavy atom. The summed E-state index contributed by atoms with van der Waals surface area (Å²) in [6, 6.07) is 6.38. The average molecular weight is 400 g/mol. The maximum Gasteiger partial charge on any atom is 0.513 e. The predicted octanol–water partition coefficient (Wildman–Crippen LogP) is 3.25. The third-order valence-corrected chi connectivity index (χ3v) is 5.35. The van der Waals surface area contributed by atoms with Gasteiger partial charge in [-0.15, -0.1) is 0 Å². The molecular formula is C22H28N2O5. The molecule has 0 atom stereocenters. The van der Waals surface area contributed by atoms with Crippen LogP contribution in [-0.4, -0.2) is 60.6 Å². The quantitative estimate of drug-likeness (QED) is 0.431. The minimum Gasteiger partial charge on any atom is -0.434 e. The molecule has 1 aromatic carbocycles. The van der Waals surface area contributed by atoms with Crippen molar-refractivity contribution < 1.29 is 23.9 Å². The van der Waals surface area contributed by atoms with Gasteiger partial charge >= 0.3 is 6.16 Å². The van der Waals surface area contributed by atoms with E-state index in [1.807, 2.05) is 6.08 Å². The summed E-state index contributed by atoms with van der Waals surface area (Å²) >= 11 is 0. The highest BCUT2D eigenvalue weighted by molar-refractivity contribution is 5.94. The average Bonchev–Trinajstić information content (AvgIpc) is 3.26. The lowest BCUT2D eigenvalue weighted by Gasteiger charge is -2.34. The van der Waals surface area contributed by atoms with Crippen LogP contribution in [-0.2, 0) is 9.53 Å².